The number of carboxylic acid groups (broad SMARTS) is 1. The lowest BCUT2D eigenvalue weighted by Crippen LogP contribution is -2.07. The summed E-state index contributed by atoms with van der Waals surface area (Å²) in [7, 11) is 0. The first kappa shape index (κ1) is 13.8. The molecule has 0 radical (unpaired) electrons. The van der Waals surface area contributed by atoms with Crippen LogP contribution < -0.4 is 5.56 Å². The van der Waals surface area contributed by atoms with E-state index in [0.717, 1.165) is 0 Å². The van der Waals surface area contributed by atoms with Crippen LogP contribution in [-0.4, -0.2) is 21.0 Å². The molecule has 5 nitrogen and oxygen atoms in total. The highest BCUT2D eigenvalue weighted by molar-refractivity contribution is 7.98. The number of thiophene rings is 1. The predicted octanol–water partition coefficient (Wildman–Crippen LogP) is 2.98. The van der Waals surface area contributed by atoms with Gasteiger partial charge in [-0.25, -0.2) is 9.78 Å². The number of carboxylic acids is 1. The van der Waals surface area contributed by atoms with Gasteiger partial charge in [0.15, 0.2) is 5.16 Å². The molecule has 0 aliphatic heterocycles. The lowest BCUT2D eigenvalue weighted by Gasteiger charge is -2.05. The van der Waals surface area contributed by atoms with Crippen LogP contribution in [0.3, 0.4) is 0 Å². The van der Waals surface area contributed by atoms with Gasteiger partial charge >= 0.3 is 5.97 Å². The van der Waals surface area contributed by atoms with Crippen LogP contribution in [0, 0.1) is 0 Å². The molecule has 2 N–H and O–H groups in total. The first-order valence-corrected chi connectivity index (χ1v) is 7.93. The third-order valence-electron chi connectivity index (χ3n) is 2.93. The van der Waals surface area contributed by atoms with E-state index in [0.29, 0.717) is 26.7 Å². The first-order valence-electron chi connectivity index (χ1n) is 6.06. The zero-order valence-electron chi connectivity index (χ0n) is 10.7. The maximum absolute atomic E-state index is 11.9. The van der Waals surface area contributed by atoms with Crippen LogP contribution in [0.2, 0.25) is 0 Å². The normalized spacial score (nSPS) is 10.9. The number of nitrogens with one attached hydrogen (secondary N) is 1. The Morgan fingerprint density at radius 1 is 1.33 bits per heavy atom. The summed E-state index contributed by atoms with van der Waals surface area (Å²) in [4.78, 5) is 30.8. The molecule has 2 aromatic heterocycles. The molecule has 0 saturated carbocycles. The van der Waals surface area contributed by atoms with E-state index in [4.69, 9.17) is 5.11 Å². The summed E-state index contributed by atoms with van der Waals surface area (Å²) in [5, 5.41) is 12.0. The van der Waals surface area contributed by atoms with Gasteiger partial charge in [-0.1, -0.05) is 30.0 Å². The maximum atomic E-state index is 11.9. The third-order valence-corrected chi connectivity index (χ3v) is 4.65. The van der Waals surface area contributed by atoms with Crippen molar-refractivity contribution in [3.63, 3.8) is 0 Å². The number of aromatic carboxylic acids is 1. The number of hydrogen-bond donors (Lipinski definition) is 2. The Hall–Kier alpha value is -2.12. The SMILES string of the molecule is O=C(O)c1ccccc1CSc1nc2sccc2c(=O)[nH]1. The van der Waals surface area contributed by atoms with Crippen LogP contribution in [0.5, 0.6) is 0 Å². The van der Waals surface area contributed by atoms with Crippen LogP contribution in [0.15, 0.2) is 45.7 Å². The smallest absolute Gasteiger partial charge is 0.335 e. The van der Waals surface area contributed by atoms with E-state index in [1.807, 2.05) is 5.38 Å². The molecule has 0 bridgehead atoms. The van der Waals surface area contributed by atoms with Crippen molar-refractivity contribution in [2.45, 2.75) is 10.9 Å². The molecule has 3 rings (SSSR count). The predicted molar refractivity (Wildman–Crippen MR) is 83.2 cm³/mol. The van der Waals surface area contributed by atoms with Gasteiger partial charge in [0.25, 0.3) is 5.56 Å². The molecule has 0 fully saturated rings. The van der Waals surface area contributed by atoms with Crippen molar-refractivity contribution in [3.8, 4) is 0 Å². The Balaban J connectivity index is 1.87. The number of nitrogens with zero attached hydrogens (tertiary/aromatic N) is 1. The fourth-order valence-corrected chi connectivity index (χ4v) is 3.60. The molecule has 0 atom stereocenters. The van der Waals surface area contributed by atoms with Gasteiger partial charge in [-0.15, -0.1) is 11.3 Å². The summed E-state index contributed by atoms with van der Waals surface area (Å²) in [5.74, 6) is -0.524. The minimum atomic E-state index is -0.957. The average Bonchev–Trinajstić information content (AvgIpc) is 2.94. The highest BCUT2D eigenvalue weighted by Crippen LogP contribution is 2.23. The van der Waals surface area contributed by atoms with E-state index in [9.17, 15) is 9.59 Å². The Bertz CT molecular complexity index is 870. The van der Waals surface area contributed by atoms with E-state index < -0.39 is 5.97 Å². The first-order chi connectivity index (χ1) is 10.1. The van der Waals surface area contributed by atoms with E-state index >= 15 is 0 Å². The van der Waals surface area contributed by atoms with Crippen molar-refractivity contribution in [2.24, 2.45) is 0 Å². The summed E-state index contributed by atoms with van der Waals surface area (Å²) in [6, 6.07) is 8.55. The van der Waals surface area contributed by atoms with Crippen LogP contribution in [0.1, 0.15) is 15.9 Å². The van der Waals surface area contributed by atoms with Gasteiger partial charge in [-0.2, -0.15) is 0 Å². The molecule has 0 spiro atoms. The quantitative estimate of drug-likeness (QED) is 0.571. The lowest BCUT2D eigenvalue weighted by atomic mass is 10.1. The van der Waals surface area contributed by atoms with Crippen molar-refractivity contribution < 1.29 is 9.90 Å². The molecule has 7 heteroatoms. The molecule has 0 unspecified atom stereocenters. The lowest BCUT2D eigenvalue weighted by molar-refractivity contribution is 0.0696. The largest absolute Gasteiger partial charge is 0.478 e. The summed E-state index contributed by atoms with van der Waals surface area (Å²) in [5.41, 5.74) is 0.795. The highest BCUT2D eigenvalue weighted by atomic mass is 32.2. The van der Waals surface area contributed by atoms with Crippen molar-refractivity contribution in [1.29, 1.82) is 0 Å². The molecule has 2 heterocycles. The number of fused-ring (bicyclic) bond motifs is 1. The molecular formula is C14H10N2O3S2. The van der Waals surface area contributed by atoms with Gasteiger partial charge < -0.3 is 10.1 Å². The molecular weight excluding hydrogens is 308 g/mol. The van der Waals surface area contributed by atoms with Gasteiger partial charge in [-0.05, 0) is 23.1 Å². The number of rotatable bonds is 4. The van der Waals surface area contributed by atoms with Gasteiger partial charge in [0.05, 0.1) is 10.9 Å². The Morgan fingerprint density at radius 2 is 2.14 bits per heavy atom. The Labute approximate surface area is 127 Å². The van der Waals surface area contributed by atoms with Crippen LogP contribution in [0.4, 0.5) is 0 Å². The number of aromatic nitrogens is 2. The molecule has 0 saturated heterocycles. The van der Waals surface area contributed by atoms with E-state index in [1.165, 1.54) is 23.1 Å². The molecule has 3 aromatic rings. The van der Waals surface area contributed by atoms with Crippen molar-refractivity contribution in [3.05, 3.63) is 57.2 Å². The third kappa shape index (κ3) is 2.84. The monoisotopic (exact) mass is 318 g/mol. The van der Waals surface area contributed by atoms with E-state index in [2.05, 4.69) is 9.97 Å². The van der Waals surface area contributed by atoms with Gasteiger partial charge in [0, 0.05) is 5.75 Å². The zero-order valence-corrected chi connectivity index (χ0v) is 12.3. The number of thioether (sulfide) groups is 1. The summed E-state index contributed by atoms with van der Waals surface area (Å²) >= 11 is 2.72. The minimum absolute atomic E-state index is 0.171. The molecule has 0 aliphatic rings. The zero-order chi connectivity index (χ0) is 14.8. The number of aromatic amines is 1. The standard InChI is InChI=1S/C14H10N2O3S2/c17-11-10-5-6-20-12(10)16-14(15-11)21-7-8-3-1-2-4-9(8)13(18)19/h1-6H,7H2,(H,18,19)(H,15,16,17). The molecule has 106 valence electrons. The molecule has 1 aromatic carbocycles. The topological polar surface area (TPSA) is 83.0 Å². The van der Waals surface area contributed by atoms with E-state index in [1.54, 1.807) is 30.3 Å². The second-order valence-corrected chi connectivity index (χ2v) is 6.12. The Morgan fingerprint density at radius 3 is 2.95 bits per heavy atom. The van der Waals surface area contributed by atoms with Crippen molar-refractivity contribution >= 4 is 39.3 Å². The fraction of sp³-hybridized carbons (Fsp3) is 0.0714. The van der Waals surface area contributed by atoms with Gasteiger partial charge in [0.2, 0.25) is 0 Å². The second kappa shape index (κ2) is 5.71. The Kier molecular flexibility index (Phi) is 3.76. The summed E-state index contributed by atoms with van der Waals surface area (Å²) in [6.45, 7) is 0. The number of hydrogen-bond acceptors (Lipinski definition) is 5. The minimum Gasteiger partial charge on any atom is -0.478 e. The van der Waals surface area contributed by atoms with Crippen LogP contribution >= 0.6 is 23.1 Å². The summed E-state index contributed by atoms with van der Waals surface area (Å²) < 4.78 is 0. The summed E-state index contributed by atoms with van der Waals surface area (Å²) in [6.07, 6.45) is 0. The second-order valence-electron chi connectivity index (χ2n) is 4.26. The van der Waals surface area contributed by atoms with Gasteiger partial charge in [-0.3, -0.25) is 4.79 Å². The molecule has 0 amide bonds. The van der Waals surface area contributed by atoms with Crippen molar-refractivity contribution in [2.75, 3.05) is 0 Å². The molecule has 0 aliphatic carbocycles. The number of carbonyl (C=O) groups is 1. The maximum Gasteiger partial charge on any atom is 0.335 e. The van der Waals surface area contributed by atoms with Crippen LogP contribution in [-0.2, 0) is 5.75 Å². The fourth-order valence-electron chi connectivity index (χ4n) is 1.91. The number of H-pyrrole nitrogens is 1. The molecule has 21 heavy (non-hydrogen) atoms. The van der Waals surface area contributed by atoms with Gasteiger partial charge in [0.1, 0.15) is 4.83 Å². The van der Waals surface area contributed by atoms with Crippen LogP contribution in [0.25, 0.3) is 10.2 Å². The average molecular weight is 318 g/mol. The number of benzene rings is 1. The van der Waals surface area contributed by atoms with E-state index in [-0.39, 0.29) is 11.1 Å². The van der Waals surface area contributed by atoms with Crippen molar-refractivity contribution in [1.82, 2.24) is 9.97 Å². The highest BCUT2D eigenvalue weighted by Gasteiger charge is 2.11.